The number of carbonyl (C=O) groups excluding carboxylic acids is 1. The zero-order valence-corrected chi connectivity index (χ0v) is 11.2. The van der Waals surface area contributed by atoms with Crippen LogP contribution in [0.5, 0.6) is 0 Å². The van der Waals surface area contributed by atoms with E-state index >= 15 is 0 Å². The van der Waals surface area contributed by atoms with Crippen LogP contribution in [0.2, 0.25) is 5.15 Å². The van der Waals surface area contributed by atoms with Crippen LogP contribution in [0, 0.1) is 5.82 Å². The second-order valence-electron chi connectivity index (χ2n) is 3.31. The van der Waals surface area contributed by atoms with Crippen molar-refractivity contribution in [2.24, 2.45) is 0 Å². The third-order valence-corrected chi connectivity index (χ3v) is 2.75. The maximum Gasteiger partial charge on any atom is 0.274 e. The van der Waals surface area contributed by atoms with E-state index in [9.17, 15) is 9.18 Å². The number of hydrogen-bond acceptors (Lipinski definition) is 3. The minimum absolute atomic E-state index is 0.0902. The molecule has 0 saturated carbocycles. The standard InChI is InChI=1S/C11H6BrClFN3O/c12-6-3-9(10(13)16-4-6)17-11(18)8-2-1-7(14)5-15-8/h1-5H,(H,17,18). The summed E-state index contributed by atoms with van der Waals surface area (Å²) in [4.78, 5) is 19.3. The minimum atomic E-state index is -0.506. The van der Waals surface area contributed by atoms with Crippen LogP contribution in [0.25, 0.3) is 0 Å². The van der Waals surface area contributed by atoms with Crippen molar-refractivity contribution in [3.8, 4) is 0 Å². The van der Waals surface area contributed by atoms with Crippen molar-refractivity contribution in [1.82, 2.24) is 9.97 Å². The first-order chi connectivity index (χ1) is 8.56. The van der Waals surface area contributed by atoms with Gasteiger partial charge >= 0.3 is 0 Å². The quantitative estimate of drug-likeness (QED) is 0.860. The third-order valence-electron chi connectivity index (χ3n) is 2.01. The highest BCUT2D eigenvalue weighted by molar-refractivity contribution is 9.10. The van der Waals surface area contributed by atoms with E-state index in [2.05, 4.69) is 31.2 Å². The van der Waals surface area contributed by atoms with Crippen LogP contribution in [-0.2, 0) is 0 Å². The van der Waals surface area contributed by atoms with Gasteiger partial charge in [-0.25, -0.2) is 14.4 Å². The van der Waals surface area contributed by atoms with Gasteiger partial charge in [0.1, 0.15) is 11.5 Å². The predicted octanol–water partition coefficient (Wildman–Crippen LogP) is 3.28. The van der Waals surface area contributed by atoms with E-state index in [1.165, 1.54) is 12.3 Å². The van der Waals surface area contributed by atoms with E-state index in [-0.39, 0.29) is 10.8 Å². The van der Waals surface area contributed by atoms with Crippen LogP contribution in [0.3, 0.4) is 0 Å². The van der Waals surface area contributed by atoms with Crippen molar-refractivity contribution in [2.75, 3.05) is 5.32 Å². The fraction of sp³-hybridized carbons (Fsp3) is 0. The molecule has 0 radical (unpaired) electrons. The maximum absolute atomic E-state index is 12.7. The molecule has 1 amide bonds. The number of nitrogens with one attached hydrogen (secondary N) is 1. The summed E-state index contributed by atoms with van der Waals surface area (Å²) in [6.07, 6.45) is 2.48. The lowest BCUT2D eigenvalue weighted by Gasteiger charge is -2.06. The van der Waals surface area contributed by atoms with Gasteiger partial charge in [0.05, 0.1) is 11.9 Å². The van der Waals surface area contributed by atoms with Crippen LogP contribution in [-0.4, -0.2) is 15.9 Å². The Morgan fingerprint density at radius 1 is 1.33 bits per heavy atom. The lowest BCUT2D eigenvalue weighted by Crippen LogP contribution is -2.14. The van der Waals surface area contributed by atoms with Gasteiger partial charge in [-0.2, -0.15) is 0 Å². The number of carbonyl (C=O) groups is 1. The fourth-order valence-corrected chi connectivity index (χ4v) is 1.69. The highest BCUT2D eigenvalue weighted by atomic mass is 79.9. The SMILES string of the molecule is O=C(Nc1cc(Br)cnc1Cl)c1ccc(F)cn1. The maximum atomic E-state index is 12.7. The first-order valence-corrected chi connectivity index (χ1v) is 5.97. The average Bonchev–Trinajstić information content (AvgIpc) is 2.34. The molecule has 0 saturated heterocycles. The number of nitrogens with zero attached hydrogens (tertiary/aromatic N) is 2. The van der Waals surface area contributed by atoms with E-state index < -0.39 is 11.7 Å². The fourth-order valence-electron chi connectivity index (χ4n) is 1.21. The molecule has 0 unspecified atom stereocenters. The summed E-state index contributed by atoms with van der Waals surface area (Å²) in [6.45, 7) is 0. The highest BCUT2D eigenvalue weighted by Crippen LogP contribution is 2.23. The van der Waals surface area contributed by atoms with Gasteiger partial charge in [-0.3, -0.25) is 4.79 Å². The number of aromatic nitrogens is 2. The summed E-state index contributed by atoms with van der Waals surface area (Å²) in [6, 6.07) is 4.05. The average molecular weight is 331 g/mol. The Balaban J connectivity index is 2.21. The van der Waals surface area contributed by atoms with Gasteiger partial charge in [0.2, 0.25) is 0 Å². The second kappa shape index (κ2) is 5.41. The van der Waals surface area contributed by atoms with Crippen molar-refractivity contribution < 1.29 is 9.18 Å². The molecule has 2 aromatic heterocycles. The van der Waals surface area contributed by atoms with Crippen LogP contribution < -0.4 is 5.32 Å². The summed E-state index contributed by atoms with van der Waals surface area (Å²) in [7, 11) is 0. The van der Waals surface area contributed by atoms with E-state index in [1.54, 1.807) is 6.07 Å². The zero-order valence-electron chi connectivity index (χ0n) is 8.82. The van der Waals surface area contributed by atoms with Gasteiger partial charge in [0, 0.05) is 10.7 Å². The van der Waals surface area contributed by atoms with Gasteiger partial charge in [0.25, 0.3) is 5.91 Å². The second-order valence-corrected chi connectivity index (χ2v) is 4.58. The van der Waals surface area contributed by atoms with Gasteiger partial charge in [0.15, 0.2) is 5.15 Å². The smallest absolute Gasteiger partial charge is 0.274 e. The van der Waals surface area contributed by atoms with E-state index in [0.29, 0.717) is 10.2 Å². The van der Waals surface area contributed by atoms with Crippen molar-refractivity contribution >= 4 is 39.1 Å². The molecule has 1 N–H and O–H groups in total. The Morgan fingerprint density at radius 3 is 2.78 bits per heavy atom. The molecule has 0 aromatic carbocycles. The molecule has 0 spiro atoms. The topological polar surface area (TPSA) is 54.9 Å². The molecule has 4 nitrogen and oxygen atoms in total. The Hall–Kier alpha value is -1.53. The molecule has 92 valence electrons. The van der Waals surface area contributed by atoms with Crippen molar-refractivity contribution in [2.45, 2.75) is 0 Å². The monoisotopic (exact) mass is 329 g/mol. The van der Waals surface area contributed by atoms with Crippen molar-refractivity contribution in [1.29, 1.82) is 0 Å². The highest BCUT2D eigenvalue weighted by Gasteiger charge is 2.10. The lowest BCUT2D eigenvalue weighted by molar-refractivity contribution is 0.102. The zero-order chi connectivity index (χ0) is 13.1. The van der Waals surface area contributed by atoms with Gasteiger partial charge in [-0.1, -0.05) is 11.6 Å². The number of anilines is 1. The third kappa shape index (κ3) is 3.02. The molecule has 2 heterocycles. The molecule has 7 heteroatoms. The number of halogens is 3. The number of hydrogen-bond donors (Lipinski definition) is 1. The number of amides is 1. The summed E-state index contributed by atoms with van der Waals surface area (Å²) in [5, 5.41) is 2.70. The van der Waals surface area contributed by atoms with Crippen molar-refractivity contribution in [3.05, 3.63) is 51.7 Å². The van der Waals surface area contributed by atoms with Gasteiger partial charge in [-0.15, -0.1) is 0 Å². The van der Waals surface area contributed by atoms with Crippen LogP contribution >= 0.6 is 27.5 Å². The Labute approximate surface area is 115 Å². The molecule has 0 atom stereocenters. The Kier molecular flexibility index (Phi) is 3.88. The van der Waals surface area contributed by atoms with E-state index in [4.69, 9.17) is 11.6 Å². The van der Waals surface area contributed by atoms with Crippen LogP contribution in [0.4, 0.5) is 10.1 Å². The molecule has 0 aliphatic carbocycles. The molecule has 0 fully saturated rings. The predicted molar refractivity (Wildman–Crippen MR) is 69.1 cm³/mol. The minimum Gasteiger partial charge on any atom is -0.318 e. The normalized spacial score (nSPS) is 10.2. The van der Waals surface area contributed by atoms with Crippen LogP contribution in [0.15, 0.2) is 35.1 Å². The summed E-state index contributed by atoms with van der Waals surface area (Å²) >= 11 is 9.04. The molecular formula is C11H6BrClFN3O. The Bertz CT molecular complexity index is 591. The first-order valence-electron chi connectivity index (χ1n) is 4.80. The summed E-state index contributed by atoms with van der Waals surface area (Å²) < 4.78 is 13.3. The molecule has 2 aromatic rings. The summed E-state index contributed by atoms with van der Waals surface area (Å²) in [5.41, 5.74) is 0.439. The largest absolute Gasteiger partial charge is 0.318 e. The first kappa shape index (κ1) is 12.9. The summed E-state index contributed by atoms with van der Waals surface area (Å²) in [5.74, 6) is -0.995. The molecule has 18 heavy (non-hydrogen) atoms. The van der Waals surface area contributed by atoms with E-state index in [1.807, 2.05) is 0 Å². The number of pyridine rings is 2. The van der Waals surface area contributed by atoms with E-state index in [0.717, 1.165) is 12.3 Å². The molecule has 0 aliphatic rings. The Morgan fingerprint density at radius 2 is 2.11 bits per heavy atom. The molecule has 2 rings (SSSR count). The van der Waals surface area contributed by atoms with Crippen molar-refractivity contribution in [3.63, 3.8) is 0 Å². The lowest BCUT2D eigenvalue weighted by atomic mass is 10.3. The van der Waals surface area contributed by atoms with Crippen LogP contribution in [0.1, 0.15) is 10.5 Å². The van der Waals surface area contributed by atoms with Gasteiger partial charge in [-0.05, 0) is 34.1 Å². The van der Waals surface area contributed by atoms with Gasteiger partial charge < -0.3 is 5.32 Å². The molecule has 0 bridgehead atoms. The molecule has 0 aliphatic heterocycles. The molecular weight excluding hydrogens is 324 g/mol. The number of rotatable bonds is 2.